The van der Waals surface area contributed by atoms with Crippen LogP contribution in [0.5, 0.6) is 0 Å². The van der Waals surface area contributed by atoms with Crippen LogP contribution in [0, 0.1) is 6.92 Å². The average molecular weight is 545 g/mol. The molecule has 194 valence electrons. The van der Waals surface area contributed by atoms with Crippen LogP contribution in [0.1, 0.15) is 28.8 Å². The summed E-state index contributed by atoms with van der Waals surface area (Å²) in [5, 5.41) is 13.5. The number of benzene rings is 2. The first-order valence-corrected chi connectivity index (χ1v) is 14.2. The van der Waals surface area contributed by atoms with Gasteiger partial charge in [0.2, 0.25) is 0 Å². The molecule has 4 heterocycles. The molecular formula is C29H28N4O3S2. The van der Waals surface area contributed by atoms with E-state index in [0.717, 1.165) is 22.4 Å². The summed E-state index contributed by atoms with van der Waals surface area (Å²) in [7, 11) is 0. The summed E-state index contributed by atoms with van der Waals surface area (Å²) in [6.07, 6.45) is 5.15. The lowest BCUT2D eigenvalue weighted by Gasteiger charge is -2.35. The SMILES string of the molecule is Cc1cncc(C(CO)Nc2ccc3c(c2)Sc2cccc(C4CN(c5ccc[nH]c5=O)CCO4)c2S3)c1. The minimum atomic E-state index is -0.233. The number of ether oxygens (including phenoxy) is 1. The molecule has 2 aliphatic heterocycles. The zero-order valence-corrected chi connectivity index (χ0v) is 22.5. The molecule has 1 saturated heterocycles. The molecule has 2 atom stereocenters. The second kappa shape index (κ2) is 10.9. The number of pyridine rings is 2. The van der Waals surface area contributed by atoms with Crippen LogP contribution in [0.4, 0.5) is 11.4 Å². The molecule has 2 aromatic heterocycles. The Bertz CT molecular complexity index is 1530. The van der Waals surface area contributed by atoms with E-state index < -0.39 is 0 Å². The molecule has 2 aliphatic rings. The molecule has 3 N–H and O–H groups in total. The van der Waals surface area contributed by atoms with Gasteiger partial charge >= 0.3 is 0 Å². The number of hydrogen-bond donors (Lipinski definition) is 3. The lowest BCUT2D eigenvalue weighted by Crippen LogP contribution is -2.41. The number of aliphatic hydroxyl groups excluding tert-OH is 1. The van der Waals surface area contributed by atoms with Crippen molar-refractivity contribution < 1.29 is 9.84 Å². The monoisotopic (exact) mass is 544 g/mol. The minimum absolute atomic E-state index is 0.0242. The predicted octanol–water partition coefficient (Wildman–Crippen LogP) is 5.42. The third-order valence-electron chi connectivity index (χ3n) is 6.76. The number of aliphatic hydroxyl groups is 1. The number of fused-ring (bicyclic) bond motifs is 2. The zero-order chi connectivity index (χ0) is 26.1. The van der Waals surface area contributed by atoms with Crippen LogP contribution in [0.2, 0.25) is 0 Å². The molecular weight excluding hydrogens is 516 g/mol. The fraction of sp³-hybridized carbons (Fsp3) is 0.241. The highest BCUT2D eigenvalue weighted by Gasteiger charge is 2.29. The molecule has 0 spiro atoms. The fourth-order valence-corrected chi connectivity index (χ4v) is 7.34. The van der Waals surface area contributed by atoms with E-state index in [1.54, 1.807) is 35.9 Å². The van der Waals surface area contributed by atoms with Gasteiger partial charge in [-0.3, -0.25) is 9.78 Å². The van der Waals surface area contributed by atoms with Crippen molar-refractivity contribution in [2.24, 2.45) is 0 Å². The molecule has 0 bridgehead atoms. The van der Waals surface area contributed by atoms with Gasteiger partial charge in [-0.25, -0.2) is 0 Å². The number of nitrogens with zero attached hydrogens (tertiary/aromatic N) is 2. The first-order chi connectivity index (χ1) is 18.6. The van der Waals surface area contributed by atoms with Crippen LogP contribution in [0.25, 0.3) is 0 Å². The van der Waals surface area contributed by atoms with E-state index in [1.165, 1.54) is 19.6 Å². The number of anilines is 2. The summed E-state index contributed by atoms with van der Waals surface area (Å²) in [4.78, 5) is 26.3. The summed E-state index contributed by atoms with van der Waals surface area (Å²) in [5.74, 6) is 0. The van der Waals surface area contributed by atoms with Crippen molar-refractivity contribution in [1.29, 1.82) is 0 Å². The highest BCUT2D eigenvalue weighted by Crippen LogP contribution is 2.52. The number of hydrogen-bond acceptors (Lipinski definition) is 8. The Balaban J connectivity index is 1.23. The Kier molecular flexibility index (Phi) is 7.16. The van der Waals surface area contributed by atoms with E-state index in [1.807, 2.05) is 31.3 Å². The Hall–Kier alpha value is -3.24. The van der Waals surface area contributed by atoms with Crippen LogP contribution >= 0.6 is 23.5 Å². The van der Waals surface area contributed by atoms with E-state index in [9.17, 15) is 9.90 Å². The predicted molar refractivity (Wildman–Crippen MR) is 152 cm³/mol. The number of aromatic amines is 1. The lowest BCUT2D eigenvalue weighted by molar-refractivity contribution is 0.0378. The summed E-state index contributed by atoms with van der Waals surface area (Å²) in [6, 6.07) is 18.3. The Morgan fingerprint density at radius 3 is 2.89 bits per heavy atom. The maximum absolute atomic E-state index is 12.4. The van der Waals surface area contributed by atoms with Gasteiger partial charge in [0.15, 0.2) is 0 Å². The molecule has 1 fully saturated rings. The number of nitrogens with one attached hydrogen (secondary N) is 2. The van der Waals surface area contributed by atoms with E-state index in [4.69, 9.17) is 4.74 Å². The van der Waals surface area contributed by atoms with Crippen LogP contribution < -0.4 is 15.8 Å². The van der Waals surface area contributed by atoms with Crippen LogP contribution in [-0.2, 0) is 4.74 Å². The number of rotatable bonds is 6. The van der Waals surface area contributed by atoms with Gasteiger partial charge < -0.3 is 25.0 Å². The number of aryl methyl sites for hydroxylation is 1. The van der Waals surface area contributed by atoms with Crippen molar-refractivity contribution in [3.05, 3.63) is 100 Å². The van der Waals surface area contributed by atoms with E-state index >= 15 is 0 Å². The largest absolute Gasteiger partial charge is 0.394 e. The van der Waals surface area contributed by atoms with E-state index in [2.05, 4.69) is 56.6 Å². The van der Waals surface area contributed by atoms with Crippen molar-refractivity contribution in [2.45, 2.75) is 38.7 Å². The lowest BCUT2D eigenvalue weighted by atomic mass is 10.1. The van der Waals surface area contributed by atoms with Crippen LogP contribution in [-0.4, -0.2) is 41.4 Å². The van der Waals surface area contributed by atoms with E-state index in [-0.39, 0.29) is 24.3 Å². The van der Waals surface area contributed by atoms with Gasteiger partial charge in [-0.2, -0.15) is 0 Å². The standard InChI is InChI=1S/C29H28N4O3S2/c1-18-12-19(15-30-14-18)22(17-34)32-20-7-8-25-27(13-20)37-26-6-2-4-21(28(26)38-25)24-16-33(10-11-36-24)23-5-3-9-31-29(23)35/h2-9,12-15,22,24,32,34H,10-11,16-17H2,1H3,(H,31,35). The topological polar surface area (TPSA) is 90.5 Å². The Labute approximate surface area is 229 Å². The number of morpholine rings is 1. The van der Waals surface area contributed by atoms with Gasteiger partial charge in [0.05, 0.1) is 19.3 Å². The quantitative estimate of drug-likeness (QED) is 0.261. The molecule has 9 heteroatoms. The second-order valence-electron chi connectivity index (χ2n) is 9.41. The zero-order valence-electron chi connectivity index (χ0n) is 20.9. The van der Waals surface area contributed by atoms with Crippen molar-refractivity contribution >= 4 is 34.9 Å². The fourth-order valence-electron chi connectivity index (χ4n) is 4.89. The first kappa shape index (κ1) is 25.1. The maximum atomic E-state index is 12.4. The summed E-state index contributed by atoms with van der Waals surface area (Å²) < 4.78 is 6.22. The average Bonchev–Trinajstić information content (AvgIpc) is 2.94. The van der Waals surface area contributed by atoms with E-state index in [0.29, 0.717) is 25.4 Å². The minimum Gasteiger partial charge on any atom is -0.394 e. The van der Waals surface area contributed by atoms with Crippen molar-refractivity contribution in [2.75, 3.05) is 36.5 Å². The van der Waals surface area contributed by atoms with Gasteiger partial charge in [0.25, 0.3) is 5.56 Å². The molecule has 0 saturated carbocycles. The molecule has 7 nitrogen and oxygen atoms in total. The highest BCUT2D eigenvalue weighted by atomic mass is 32.2. The Morgan fingerprint density at radius 2 is 2.05 bits per heavy atom. The van der Waals surface area contributed by atoms with Gasteiger partial charge in [0, 0.05) is 56.9 Å². The van der Waals surface area contributed by atoms with Gasteiger partial charge in [-0.15, -0.1) is 0 Å². The number of aromatic nitrogens is 2. The van der Waals surface area contributed by atoms with Crippen LogP contribution in [0.15, 0.2) is 97.6 Å². The molecule has 2 aromatic carbocycles. The molecule has 0 amide bonds. The summed E-state index contributed by atoms with van der Waals surface area (Å²) in [5.41, 5.74) is 4.73. The van der Waals surface area contributed by atoms with Gasteiger partial charge in [0.1, 0.15) is 11.8 Å². The highest BCUT2D eigenvalue weighted by molar-refractivity contribution is 8.05. The third kappa shape index (κ3) is 5.07. The van der Waals surface area contributed by atoms with Crippen molar-refractivity contribution in [3.63, 3.8) is 0 Å². The normalized spacial score (nSPS) is 17.4. The van der Waals surface area contributed by atoms with Crippen LogP contribution in [0.3, 0.4) is 0 Å². The molecule has 38 heavy (non-hydrogen) atoms. The summed E-state index contributed by atoms with van der Waals surface area (Å²) in [6.45, 7) is 3.85. The first-order valence-electron chi connectivity index (χ1n) is 12.5. The molecule has 4 aromatic rings. The number of H-pyrrole nitrogens is 1. The maximum Gasteiger partial charge on any atom is 0.271 e. The Morgan fingerprint density at radius 1 is 1.13 bits per heavy atom. The molecule has 6 rings (SSSR count). The smallest absolute Gasteiger partial charge is 0.271 e. The molecule has 2 unspecified atom stereocenters. The second-order valence-corrected chi connectivity index (χ2v) is 11.5. The third-order valence-corrected chi connectivity index (χ3v) is 9.37. The van der Waals surface area contributed by atoms with Crippen molar-refractivity contribution in [3.8, 4) is 0 Å². The molecule has 0 aliphatic carbocycles. The van der Waals surface area contributed by atoms with Gasteiger partial charge in [-0.05, 0) is 60.0 Å². The molecule has 0 radical (unpaired) electrons. The van der Waals surface area contributed by atoms with Gasteiger partial charge in [-0.1, -0.05) is 41.7 Å². The summed E-state index contributed by atoms with van der Waals surface area (Å²) >= 11 is 3.51. The van der Waals surface area contributed by atoms with Crippen molar-refractivity contribution in [1.82, 2.24) is 9.97 Å².